The number of nitrogens with one attached hydrogen (secondary N) is 1. The van der Waals surface area contributed by atoms with Crippen molar-refractivity contribution in [3.05, 3.63) is 23.2 Å². The van der Waals surface area contributed by atoms with Crippen LogP contribution < -0.4 is 4.72 Å². The van der Waals surface area contributed by atoms with Gasteiger partial charge in [-0.05, 0) is 31.0 Å². The summed E-state index contributed by atoms with van der Waals surface area (Å²) in [5.41, 5.74) is 0.729. The number of hydrogen-bond acceptors (Lipinski definition) is 4. The Hall–Kier alpha value is -0.560. The normalized spacial score (nSPS) is 11.9. The van der Waals surface area contributed by atoms with Gasteiger partial charge in [0.15, 0.2) is 5.13 Å². The van der Waals surface area contributed by atoms with Crippen LogP contribution in [0.2, 0.25) is 5.02 Å². The first-order valence-corrected chi connectivity index (χ1v) is 9.01. The van der Waals surface area contributed by atoms with Crippen LogP contribution >= 0.6 is 34.5 Å². The number of rotatable bonds is 6. The van der Waals surface area contributed by atoms with Gasteiger partial charge in [-0.1, -0.05) is 22.9 Å². The van der Waals surface area contributed by atoms with Crippen LogP contribution in [-0.4, -0.2) is 25.0 Å². The molecule has 1 aromatic heterocycles. The molecule has 19 heavy (non-hydrogen) atoms. The molecule has 1 heterocycles. The molecular formula is C11H12Cl2N2O2S2. The van der Waals surface area contributed by atoms with Crippen LogP contribution in [0.5, 0.6) is 0 Å². The van der Waals surface area contributed by atoms with E-state index in [2.05, 4.69) is 9.71 Å². The number of thiazole rings is 1. The quantitative estimate of drug-likeness (QED) is 0.645. The first-order chi connectivity index (χ1) is 9.00. The predicted octanol–water partition coefficient (Wildman–Crippen LogP) is 3.71. The predicted molar refractivity (Wildman–Crippen MR) is 82.0 cm³/mol. The molecule has 0 amide bonds. The molecule has 0 aliphatic rings. The molecule has 0 saturated carbocycles. The van der Waals surface area contributed by atoms with E-state index >= 15 is 0 Å². The minimum Gasteiger partial charge on any atom is -0.259 e. The van der Waals surface area contributed by atoms with Crippen molar-refractivity contribution < 1.29 is 8.42 Å². The van der Waals surface area contributed by atoms with Crippen LogP contribution in [-0.2, 0) is 10.0 Å². The molecule has 104 valence electrons. The third-order valence-electron chi connectivity index (χ3n) is 2.39. The van der Waals surface area contributed by atoms with Gasteiger partial charge >= 0.3 is 0 Å². The van der Waals surface area contributed by atoms with Crippen LogP contribution in [0, 0.1) is 0 Å². The summed E-state index contributed by atoms with van der Waals surface area (Å²) in [6, 6.07) is 5.25. The molecule has 0 spiro atoms. The Balaban J connectivity index is 2.12. The molecule has 0 aliphatic carbocycles. The van der Waals surface area contributed by atoms with Crippen LogP contribution in [0.3, 0.4) is 0 Å². The third-order valence-corrected chi connectivity index (χ3v) is 5.29. The summed E-state index contributed by atoms with van der Waals surface area (Å²) in [5, 5.41) is 0.968. The second-order valence-corrected chi connectivity index (χ2v) is 7.64. The summed E-state index contributed by atoms with van der Waals surface area (Å²) in [6.45, 7) is 0. The zero-order chi connectivity index (χ0) is 13.9. The van der Waals surface area contributed by atoms with Crippen molar-refractivity contribution >= 4 is 59.9 Å². The SMILES string of the molecule is O=S(=O)(CCCCCl)Nc1nc2ccc(Cl)cc2s1. The van der Waals surface area contributed by atoms with E-state index in [1.165, 1.54) is 11.3 Å². The Morgan fingerprint density at radius 1 is 1.32 bits per heavy atom. The summed E-state index contributed by atoms with van der Waals surface area (Å²) in [5.74, 6) is 0.519. The van der Waals surface area contributed by atoms with Gasteiger partial charge in [-0.25, -0.2) is 13.4 Å². The van der Waals surface area contributed by atoms with Crippen molar-refractivity contribution in [2.24, 2.45) is 0 Å². The molecule has 2 aromatic rings. The molecule has 0 bridgehead atoms. The van der Waals surface area contributed by atoms with Crippen LogP contribution in [0.4, 0.5) is 5.13 Å². The van der Waals surface area contributed by atoms with Crippen LogP contribution in [0.15, 0.2) is 18.2 Å². The molecule has 2 rings (SSSR count). The molecule has 0 unspecified atom stereocenters. The molecule has 4 nitrogen and oxygen atoms in total. The maximum atomic E-state index is 11.8. The average molecular weight is 339 g/mol. The van der Waals surface area contributed by atoms with E-state index in [9.17, 15) is 8.42 Å². The molecule has 1 aromatic carbocycles. The number of benzene rings is 1. The van der Waals surface area contributed by atoms with E-state index < -0.39 is 10.0 Å². The third kappa shape index (κ3) is 4.21. The van der Waals surface area contributed by atoms with E-state index in [0.29, 0.717) is 28.9 Å². The molecule has 0 radical (unpaired) electrons. The highest BCUT2D eigenvalue weighted by Crippen LogP contribution is 2.28. The number of hydrogen-bond donors (Lipinski definition) is 1. The second kappa shape index (κ2) is 6.26. The summed E-state index contributed by atoms with van der Waals surface area (Å²) in [7, 11) is -3.36. The number of unbranched alkanes of at least 4 members (excludes halogenated alkanes) is 1. The number of alkyl halides is 1. The number of anilines is 1. The summed E-state index contributed by atoms with van der Waals surface area (Å²) in [4.78, 5) is 4.21. The van der Waals surface area contributed by atoms with Crippen LogP contribution in [0.25, 0.3) is 10.2 Å². The van der Waals surface area contributed by atoms with Crippen molar-refractivity contribution in [1.29, 1.82) is 0 Å². The minimum absolute atomic E-state index is 0.0520. The largest absolute Gasteiger partial charge is 0.259 e. The van der Waals surface area contributed by atoms with Crippen molar-refractivity contribution in [2.75, 3.05) is 16.4 Å². The van der Waals surface area contributed by atoms with Crippen LogP contribution in [0.1, 0.15) is 12.8 Å². The fraction of sp³-hybridized carbons (Fsp3) is 0.364. The van der Waals surface area contributed by atoms with Gasteiger partial charge in [0, 0.05) is 10.9 Å². The van der Waals surface area contributed by atoms with Crippen molar-refractivity contribution in [3.8, 4) is 0 Å². The lowest BCUT2D eigenvalue weighted by molar-refractivity contribution is 0.598. The van der Waals surface area contributed by atoms with Crippen molar-refractivity contribution in [3.63, 3.8) is 0 Å². The fourth-order valence-corrected chi connectivity index (χ4v) is 4.24. The lowest BCUT2D eigenvalue weighted by Crippen LogP contribution is -2.16. The molecule has 0 aliphatic heterocycles. The van der Waals surface area contributed by atoms with Gasteiger partial charge in [0.25, 0.3) is 0 Å². The molecule has 0 fully saturated rings. The zero-order valence-corrected chi connectivity index (χ0v) is 13.0. The summed E-state index contributed by atoms with van der Waals surface area (Å²) in [6.07, 6.45) is 1.22. The van der Waals surface area contributed by atoms with Gasteiger partial charge in [0.05, 0.1) is 16.0 Å². The Bertz CT molecular complexity index is 670. The molecular weight excluding hydrogens is 327 g/mol. The summed E-state index contributed by atoms with van der Waals surface area (Å²) >= 11 is 12.7. The molecule has 8 heteroatoms. The topological polar surface area (TPSA) is 59.1 Å². The zero-order valence-electron chi connectivity index (χ0n) is 9.90. The smallest absolute Gasteiger partial charge is 0.234 e. The van der Waals surface area contributed by atoms with Gasteiger partial charge < -0.3 is 0 Å². The first kappa shape index (κ1) is 14.8. The highest BCUT2D eigenvalue weighted by Gasteiger charge is 2.13. The van der Waals surface area contributed by atoms with Gasteiger partial charge in [0.2, 0.25) is 10.0 Å². The van der Waals surface area contributed by atoms with E-state index in [0.717, 1.165) is 10.2 Å². The molecule has 1 N–H and O–H groups in total. The average Bonchev–Trinajstić information content (AvgIpc) is 2.69. The first-order valence-electron chi connectivity index (χ1n) is 5.63. The lowest BCUT2D eigenvalue weighted by atomic mass is 10.3. The minimum atomic E-state index is -3.36. The number of nitrogens with zero attached hydrogens (tertiary/aromatic N) is 1. The maximum Gasteiger partial charge on any atom is 0.234 e. The summed E-state index contributed by atoms with van der Waals surface area (Å²) < 4.78 is 26.9. The Labute approximate surface area is 125 Å². The maximum absolute atomic E-state index is 11.8. The Morgan fingerprint density at radius 2 is 2.11 bits per heavy atom. The highest BCUT2D eigenvalue weighted by atomic mass is 35.5. The number of halogens is 2. The standard InChI is InChI=1S/C11H12Cl2N2O2S2/c12-5-1-2-6-19(16,17)15-11-14-9-4-3-8(13)7-10(9)18-11/h3-4,7H,1-2,5-6H2,(H,14,15). The van der Waals surface area contributed by atoms with Gasteiger partial charge in [-0.2, -0.15) is 0 Å². The van der Waals surface area contributed by atoms with E-state index in [1.54, 1.807) is 18.2 Å². The monoisotopic (exact) mass is 338 g/mol. The lowest BCUT2D eigenvalue weighted by Gasteiger charge is -2.03. The van der Waals surface area contributed by atoms with E-state index in [-0.39, 0.29) is 5.75 Å². The Morgan fingerprint density at radius 3 is 2.84 bits per heavy atom. The van der Waals surface area contributed by atoms with E-state index in [1.807, 2.05) is 0 Å². The van der Waals surface area contributed by atoms with Crippen molar-refractivity contribution in [1.82, 2.24) is 4.98 Å². The molecule has 0 atom stereocenters. The second-order valence-electron chi connectivity index (χ2n) is 3.95. The van der Waals surface area contributed by atoms with Gasteiger partial charge in [0.1, 0.15) is 0 Å². The number of aromatic nitrogens is 1. The molecule has 0 saturated heterocycles. The number of fused-ring (bicyclic) bond motifs is 1. The van der Waals surface area contributed by atoms with E-state index in [4.69, 9.17) is 23.2 Å². The highest BCUT2D eigenvalue weighted by molar-refractivity contribution is 7.92. The van der Waals surface area contributed by atoms with Crippen molar-refractivity contribution in [2.45, 2.75) is 12.8 Å². The fourth-order valence-electron chi connectivity index (χ4n) is 1.51. The Kier molecular flexibility index (Phi) is 4.89. The number of sulfonamides is 1. The van der Waals surface area contributed by atoms with Gasteiger partial charge in [-0.15, -0.1) is 11.6 Å². The van der Waals surface area contributed by atoms with Gasteiger partial charge in [-0.3, -0.25) is 4.72 Å².